The van der Waals surface area contributed by atoms with Crippen molar-refractivity contribution in [1.29, 1.82) is 0 Å². The number of hydrogen-bond acceptors (Lipinski definition) is 0. The summed E-state index contributed by atoms with van der Waals surface area (Å²) < 4.78 is 4.76. The summed E-state index contributed by atoms with van der Waals surface area (Å²) in [5.74, 6) is 0. The lowest BCUT2D eigenvalue weighted by atomic mass is 10.00. The van der Waals surface area contributed by atoms with E-state index in [0.717, 1.165) is 0 Å². The molecule has 0 saturated carbocycles. The lowest BCUT2D eigenvalue weighted by Crippen LogP contribution is -1.95. The molecule has 0 fully saturated rings. The Labute approximate surface area is 315 Å². The van der Waals surface area contributed by atoms with Crippen molar-refractivity contribution >= 4 is 55.8 Å². The van der Waals surface area contributed by atoms with Gasteiger partial charge >= 0.3 is 0 Å². The van der Waals surface area contributed by atoms with E-state index in [4.69, 9.17) is 0 Å². The number of nitrogens with zero attached hydrogens (tertiary/aromatic N) is 2. The van der Waals surface area contributed by atoms with E-state index in [1.807, 2.05) is 0 Å². The Bertz CT molecular complexity index is 3010. The highest BCUT2D eigenvalue weighted by molar-refractivity contribution is 6.11. The molecule has 10 aromatic rings. The zero-order valence-corrected chi connectivity index (χ0v) is 30.4. The van der Waals surface area contributed by atoms with Crippen LogP contribution in [0.25, 0.3) is 89.4 Å². The topological polar surface area (TPSA) is 9.86 Å². The lowest BCUT2D eigenvalue weighted by Gasteiger charge is -2.10. The first-order valence-corrected chi connectivity index (χ1v) is 18.7. The maximum atomic E-state index is 2.40. The SMILES string of the molecule is Cc1cc(C)cc(-n2c3ccccc3c3cc(-c4ccc(C=Cc5ccc(-c6ccc7c(c6)c6ccccc6n7-c6ccccc6)cc5)cc4)ccc32)c1. The highest BCUT2D eigenvalue weighted by Gasteiger charge is 2.15. The zero-order valence-electron chi connectivity index (χ0n) is 30.4. The summed E-state index contributed by atoms with van der Waals surface area (Å²) in [4.78, 5) is 0. The molecule has 2 aromatic heterocycles. The molecule has 2 nitrogen and oxygen atoms in total. The summed E-state index contributed by atoms with van der Waals surface area (Å²) in [6, 6.07) is 66.3. The highest BCUT2D eigenvalue weighted by Crippen LogP contribution is 2.37. The molecule has 0 bridgehead atoms. The Morgan fingerprint density at radius 2 is 0.722 bits per heavy atom. The Balaban J connectivity index is 0.907. The van der Waals surface area contributed by atoms with Crippen LogP contribution in [0.5, 0.6) is 0 Å². The maximum Gasteiger partial charge on any atom is 0.0541 e. The van der Waals surface area contributed by atoms with Crippen molar-refractivity contribution in [3.8, 4) is 33.6 Å². The summed E-state index contributed by atoms with van der Waals surface area (Å²) >= 11 is 0. The van der Waals surface area contributed by atoms with Crippen LogP contribution in [0.1, 0.15) is 22.3 Å². The molecule has 10 rings (SSSR count). The van der Waals surface area contributed by atoms with E-state index < -0.39 is 0 Å². The van der Waals surface area contributed by atoms with Crippen LogP contribution in [-0.4, -0.2) is 9.13 Å². The van der Waals surface area contributed by atoms with Crippen molar-refractivity contribution in [2.45, 2.75) is 13.8 Å². The van der Waals surface area contributed by atoms with Gasteiger partial charge in [0.15, 0.2) is 0 Å². The minimum Gasteiger partial charge on any atom is -0.309 e. The fourth-order valence-electron chi connectivity index (χ4n) is 8.28. The van der Waals surface area contributed by atoms with Gasteiger partial charge in [0.1, 0.15) is 0 Å². The van der Waals surface area contributed by atoms with E-state index in [0.29, 0.717) is 0 Å². The minimum absolute atomic E-state index is 1.18. The molecular weight excluding hydrogens is 653 g/mol. The maximum absolute atomic E-state index is 2.40. The quantitative estimate of drug-likeness (QED) is 0.154. The molecule has 0 N–H and O–H groups in total. The van der Waals surface area contributed by atoms with Gasteiger partial charge in [-0.25, -0.2) is 0 Å². The van der Waals surface area contributed by atoms with E-state index in [1.165, 1.54) is 99.5 Å². The summed E-state index contributed by atoms with van der Waals surface area (Å²) in [5, 5.41) is 5.08. The third kappa shape index (κ3) is 5.52. The van der Waals surface area contributed by atoms with Gasteiger partial charge in [0, 0.05) is 32.9 Å². The van der Waals surface area contributed by atoms with Gasteiger partial charge in [0.2, 0.25) is 0 Å². The van der Waals surface area contributed by atoms with Gasteiger partial charge in [0.25, 0.3) is 0 Å². The second kappa shape index (κ2) is 12.9. The van der Waals surface area contributed by atoms with Crippen LogP contribution in [0.2, 0.25) is 0 Å². The molecule has 0 spiro atoms. The molecule has 0 saturated heterocycles. The average Bonchev–Trinajstić information content (AvgIpc) is 3.73. The van der Waals surface area contributed by atoms with Gasteiger partial charge in [-0.1, -0.05) is 133 Å². The third-order valence-electron chi connectivity index (χ3n) is 10.8. The molecule has 0 radical (unpaired) electrons. The standard InChI is InChI=1S/C52H38N2/c1-35-30-36(2)32-44(31-35)54-50-15-9-7-13-46(50)48-34-42(27-29-52(48)54)40-24-20-38(21-25-40)17-16-37-18-22-39(23-19-37)41-26-28-51-47(33-41)45-12-6-8-14-49(45)53(51)43-10-4-3-5-11-43/h3-34H,1-2H3. The van der Waals surface area contributed by atoms with Gasteiger partial charge in [-0.05, 0) is 119 Å². The van der Waals surface area contributed by atoms with Gasteiger partial charge in [-0.15, -0.1) is 0 Å². The fourth-order valence-corrected chi connectivity index (χ4v) is 8.28. The lowest BCUT2D eigenvalue weighted by molar-refractivity contribution is 1.16. The number of benzene rings is 8. The molecule has 8 aromatic carbocycles. The Kier molecular flexibility index (Phi) is 7.63. The number of fused-ring (bicyclic) bond motifs is 6. The molecule has 54 heavy (non-hydrogen) atoms. The normalized spacial score (nSPS) is 11.8. The second-order valence-corrected chi connectivity index (χ2v) is 14.4. The van der Waals surface area contributed by atoms with Crippen LogP contribution in [0, 0.1) is 13.8 Å². The Morgan fingerprint density at radius 3 is 1.22 bits per heavy atom. The predicted molar refractivity (Wildman–Crippen MR) is 231 cm³/mol. The van der Waals surface area contributed by atoms with Crippen molar-refractivity contribution < 1.29 is 0 Å². The molecule has 0 amide bonds. The van der Waals surface area contributed by atoms with Gasteiger partial charge in [-0.3, -0.25) is 0 Å². The molecule has 256 valence electrons. The van der Waals surface area contributed by atoms with Crippen molar-refractivity contribution in [3.05, 3.63) is 204 Å². The van der Waals surface area contributed by atoms with Crippen molar-refractivity contribution in [1.82, 2.24) is 9.13 Å². The number of hydrogen-bond donors (Lipinski definition) is 0. The molecular formula is C52H38N2. The first kappa shape index (κ1) is 31.8. The number of para-hydroxylation sites is 3. The summed E-state index contributed by atoms with van der Waals surface area (Å²) in [6.45, 7) is 4.35. The largest absolute Gasteiger partial charge is 0.309 e. The molecule has 0 atom stereocenters. The van der Waals surface area contributed by atoms with Gasteiger partial charge in [-0.2, -0.15) is 0 Å². The van der Waals surface area contributed by atoms with Crippen LogP contribution >= 0.6 is 0 Å². The fraction of sp³-hybridized carbons (Fsp3) is 0.0385. The number of aryl methyl sites for hydroxylation is 2. The second-order valence-electron chi connectivity index (χ2n) is 14.4. The van der Waals surface area contributed by atoms with E-state index >= 15 is 0 Å². The van der Waals surface area contributed by atoms with Crippen LogP contribution in [0.4, 0.5) is 0 Å². The average molecular weight is 691 g/mol. The summed E-state index contributed by atoms with van der Waals surface area (Å²) in [6.07, 6.45) is 4.40. The molecule has 2 heteroatoms. The smallest absolute Gasteiger partial charge is 0.0541 e. The Morgan fingerprint density at radius 1 is 0.315 bits per heavy atom. The number of rotatable bonds is 6. The van der Waals surface area contributed by atoms with Crippen LogP contribution in [0.3, 0.4) is 0 Å². The van der Waals surface area contributed by atoms with Crippen molar-refractivity contribution in [2.75, 3.05) is 0 Å². The van der Waals surface area contributed by atoms with E-state index in [2.05, 4.69) is 217 Å². The Hall–Kier alpha value is -6.90. The monoisotopic (exact) mass is 690 g/mol. The minimum atomic E-state index is 1.18. The van der Waals surface area contributed by atoms with Crippen molar-refractivity contribution in [2.24, 2.45) is 0 Å². The van der Waals surface area contributed by atoms with Crippen LogP contribution < -0.4 is 0 Å². The summed E-state index contributed by atoms with van der Waals surface area (Å²) in [7, 11) is 0. The van der Waals surface area contributed by atoms with Crippen LogP contribution in [-0.2, 0) is 0 Å². The van der Waals surface area contributed by atoms with Gasteiger partial charge in [0.05, 0.1) is 22.1 Å². The van der Waals surface area contributed by atoms with E-state index in [9.17, 15) is 0 Å². The molecule has 0 aliphatic heterocycles. The van der Waals surface area contributed by atoms with E-state index in [-0.39, 0.29) is 0 Å². The number of aromatic nitrogens is 2. The highest BCUT2D eigenvalue weighted by atomic mass is 15.0. The third-order valence-corrected chi connectivity index (χ3v) is 10.8. The van der Waals surface area contributed by atoms with Gasteiger partial charge < -0.3 is 9.13 Å². The molecule has 2 heterocycles. The first-order chi connectivity index (χ1) is 26.6. The van der Waals surface area contributed by atoms with Crippen molar-refractivity contribution in [3.63, 3.8) is 0 Å². The van der Waals surface area contributed by atoms with E-state index in [1.54, 1.807) is 0 Å². The summed E-state index contributed by atoms with van der Waals surface area (Å²) in [5.41, 5.74) is 17.1. The molecule has 0 aliphatic rings. The molecule has 0 aliphatic carbocycles. The van der Waals surface area contributed by atoms with Crippen LogP contribution in [0.15, 0.2) is 182 Å². The molecule has 0 unspecified atom stereocenters. The predicted octanol–water partition coefficient (Wildman–Crippen LogP) is 14.0. The first-order valence-electron chi connectivity index (χ1n) is 18.7. The zero-order chi connectivity index (χ0) is 36.2.